The first kappa shape index (κ1) is 25.5. The molecule has 0 radical (unpaired) electrons. The van der Waals surface area contributed by atoms with Gasteiger partial charge in [-0.1, -0.05) is 104 Å². The highest BCUT2D eigenvalue weighted by atomic mass is 16.6. The quantitative estimate of drug-likeness (QED) is 0.129. The number of carbonyl (C=O) groups is 2. The van der Waals surface area contributed by atoms with Crippen LogP contribution in [0, 0.1) is 0 Å². The van der Waals surface area contributed by atoms with Crippen molar-refractivity contribution in [2.24, 2.45) is 0 Å². The molecule has 0 saturated heterocycles. The lowest BCUT2D eigenvalue weighted by Gasteiger charge is -2.08. The van der Waals surface area contributed by atoms with Crippen molar-refractivity contribution in [1.29, 1.82) is 0 Å². The Labute approximate surface area is 177 Å². The molecule has 0 aromatic carbocycles. The van der Waals surface area contributed by atoms with Crippen LogP contribution in [0.25, 0.3) is 0 Å². The fourth-order valence-corrected chi connectivity index (χ4v) is 3.43. The minimum atomic E-state index is -0.722. The number of carbonyl (C=O) groups excluding carboxylic acids is 2. The predicted octanol–water partition coefficient (Wildman–Crippen LogP) is 6.60. The Kier molecular flexibility index (Phi) is 15.3. The Morgan fingerprint density at radius 1 is 0.517 bits per heavy atom. The molecule has 1 aliphatic rings. The van der Waals surface area contributed by atoms with Crippen molar-refractivity contribution in [3.05, 3.63) is 11.5 Å². The summed E-state index contributed by atoms with van der Waals surface area (Å²) in [7, 11) is 0. The maximum Gasteiger partial charge on any atom is 0.385 e. The zero-order valence-corrected chi connectivity index (χ0v) is 18.8. The second kappa shape index (κ2) is 17.3. The summed E-state index contributed by atoms with van der Waals surface area (Å²) in [6.07, 6.45) is 19.1. The van der Waals surface area contributed by atoms with Gasteiger partial charge in [-0.05, 0) is 12.8 Å². The molecule has 1 heterocycles. The summed E-state index contributed by atoms with van der Waals surface area (Å²) in [5.74, 6) is -1.53. The Morgan fingerprint density at radius 3 is 1.17 bits per heavy atom. The first-order valence-corrected chi connectivity index (χ1v) is 12.0. The molecule has 0 fully saturated rings. The monoisotopic (exact) mass is 410 g/mol. The summed E-state index contributed by atoms with van der Waals surface area (Å²) in [6, 6.07) is 0. The summed E-state index contributed by atoms with van der Waals surface area (Å²) in [5.41, 5.74) is 0. The molecule has 0 amide bonds. The van der Waals surface area contributed by atoms with Gasteiger partial charge >= 0.3 is 11.9 Å². The summed E-state index contributed by atoms with van der Waals surface area (Å²) < 4.78 is 15.7. The Hall–Kier alpha value is -1.52. The fourth-order valence-electron chi connectivity index (χ4n) is 3.43. The average Bonchev–Trinajstić information content (AvgIpc) is 2.98. The number of hydrogen-bond donors (Lipinski definition) is 0. The molecule has 1 aliphatic heterocycles. The van der Waals surface area contributed by atoms with Crippen LogP contribution in [0.3, 0.4) is 0 Å². The van der Waals surface area contributed by atoms with Crippen LogP contribution in [0.4, 0.5) is 0 Å². The van der Waals surface area contributed by atoms with Gasteiger partial charge in [0.25, 0.3) is 11.5 Å². The highest BCUT2D eigenvalue weighted by molar-refractivity contribution is 6.09. The molecule has 0 spiro atoms. The van der Waals surface area contributed by atoms with Crippen LogP contribution < -0.4 is 0 Å². The van der Waals surface area contributed by atoms with Gasteiger partial charge in [-0.2, -0.15) is 0 Å². The van der Waals surface area contributed by atoms with Crippen LogP contribution in [-0.2, 0) is 23.8 Å². The number of hydrogen-bond acceptors (Lipinski definition) is 5. The zero-order valence-electron chi connectivity index (χ0n) is 18.8. The first-order chi connectivity index (χ1) is 14.2. The van der Waals surface area contributed by atoms with Crippen molar-refractivity contribution in [3.63, 3.8) is 0 Å². The normalized spacial score (nSPS) is 13.9. The molecular weight excluding hydrogens is 368 g/mol. The topological polar surface area (TPSA) is 61.8 Å². The Morgan fingerprint density at radius 2 is 0.828 bits per heavy atom. The highest BCUT2D eigenvalue weighted by Gasteiger charge is 2.36. The fraction of sp³-hybridized carbons (Fsp3) is 0.833. The van der Waals surface area contributed by atoms with E-state index < -0.39 is 11.9 Å². The van der Waals surface area contributed by atoms with E-state index in [4.69, 9.17) is 9.47 Å². The number of rotatable bonds is 20. The van der Waals surface area contributed by atoms with E-state index in [0.717, 1.165) is 25.7 Å². The molecule has 0 aromatic heterocycles. The number of unbranched alkanes of at least 4 members (excludes halogenated alkanes) is 14. The average molecular weight is 411 g/mol. The molecule has 5 nitrogen and oxygen atoms in total. The van der Waals surface area contributed by atoms with Crippen molar-refractivity contribution in [3.8, 4) is 0 Å². The summed E-state index contributed by atoms with van der Waals surface area (Å²) >= 11 is 0. The van der Waals surface area contributed by atoms with Crippen LogP contribution >= 0.6 is 0 Å². The van der Waals surface area contributed by atoms with E-state index in [2.05, 4.69) is 18.6 Å². The molecule has 168 valence electrons. The van der Waals surface area contributed by atoms with E-state index in [0.29, 0.717) is 13.2 Å². The number of esters is 2. The second-order valence-electron chi connectivity index (χ2n) is 7.98. The summed E-state index contributed by atoms with van der Waals surface area (Å²) in [5, 5.41) is 0. The van der Waals surface area contributed by atoms with Crippen molar-refractivity contribution in [2.75, 3.05) is 13.2 Å². The molecular formula is C24H42O5. The van der Waals surface area contributed by atoms with E-state index in [-0.39, 0.29) is 11.5 Å². The maximum absolute atomic E-state index is 11.8. The molecule has 5 heteroatoms. The minimum Gasteiger partial charge on any atom is -0.484 e. The van der Waals surface area contributed by atoms with Gasteiger partial charge in [0, 0.05) is 0 Å². The van der Waals surface area contributed by atoms with Gasteiger partial charge in [-0.15, -0.1) is 0 Å². The van der Waals surface area contributed by atoms with E-state index >= 15 is 0 Å². The van der Waals surface area contributed by atoms with E-state index in [1.54, 1.807) is 0 Å². The van der Waals surface area contributed by atoms with Gasteiger partial charge in [-0.25, -0.2) is 9.59 Å². The minimum absolute atomic E-state index is 0.0440. The summed E-state index contributed by atoms with van der Waals surface area (Å²) in [6.45, 7) is 5.27. The SMILES string of the molecule is CCCCCCCCCCOC1=C(OCCCCCCCCCC)C(=O)OC1=O. The highest BCUT2D eigenvalue weighted by Crippen LogP contribution is 2.21. The van der Waals surface area contributed by atoms with Gasteiger partial charge in [0.05, 0.1) is 13.2 Å². The molecule has 0 saturated carbocycles. The van der Waals surface area contributed by atoms with Crippen LogP contribution in [0.5, 0.6) is 0 Å². The van der Waals surface area contributed by atoms with Crippen molar-refractivity contribution in [1.82, 2.24) is 0 Å². The third-order valence-corrected chi connectivity index (χ3v) is 5.25. The molecule has 0 aromatic rings. The van der Waals surface area contributed by atoms with Gasteiger partial charge in [-0.3, -0.25) is 0 Å². The largest absolute Gasteiger partial charge is 0.484 e. The van der Waals surface area contributed by atoms with Gasteiger partial charge in [0.1, 0.15) is 0 Å². The second-order valence-corrected chi connectivity index (χ2v) is 7.98. The standard InChI is InChI=1S/C24H42O5/c1-3-5-7-9-11-13-15-17-19-27-21-22(24(26)29-23(21)25)28-20-18-16-14-12-10-8-6-4-2/h3-20H2,1-2H3. The number of cyclic esters (lactones) is 2. The lowest BCUT2D eigenvalue weighted by atomic mass is 10.1. The lowest BCUT2D eigenvalue weighted by molar-refractivity contribution is -0.153. The molecule has 1 rings (SSSR count). The van der Waals surface area contributed by atoms with Crippen LogP contribution in [0.1, 0.15) is 117 Å². The lowest BCUT2D eigenvalue weighted by Crippen LogP contribution is -2.06. The van der Waals surface area contributed by atoms with Crippen molar-refractivity contribution < 1.29 is 23.8 Å². The van der Waals surface area contributed by atoms with E-state index in [1.807, 2.05) is 0 Å². The van der Waals surface area contributed by atoms with Gasteiger partial charge < -0.3 is 14.2 Å². The molecule has 0 N–H and O–H groups in total. The predicted molar refractivity (Wildman–Crippen MR) is 115 cm³/mol. The molecule has 0 unspecified atom stereocenters. The molecule has 0 aliphatic carbocycles. The zero-order chi connectivity index (χ0) is 21.2. The Bertz CT molecular complexity index is 442. The van der Waals surface area contributed by atoms with Gasteiger partial charge in [0.2, 0.25) is 0 Å². The molecule has 0 atom stereocenters. The summed E-state index contributed by atoms with van der Waals surface area (Å²) in [4.78, 5) is 23.6. The van der Waals surface area contributed by atoms with Gasteiger partial charge in [0.15, 0.2) is 0 Å². The van der Waals surface area contributed by atoms with E-state index in [9.17, 15) is 9.59 Å². The van der Waals surface area contributed by atoms with Crippen molar-refractivity contribution in [2.45, 2.75) is 117 Å². The van der Waals surface area contributed by atoms with Crippen LogP contribution in [-0.4, -0.2) is 25.2 Å². The third kappa shape index (κ3) is 11.9. The number of ether oxygens (including phenoxy) is 3. The molecule has 29 heavy (non-hydrogen) atoms. The maximum atomic E-state index is 11.8. The smallest absolute Gasteiger partial charge is 0.385 e. The van der Waals surface area contributed by atoms with Crippen molar-refractivity contribution >= 4 is 11.9 Å². The van der Waals surface area contributed by atoms with Crippen LogP contribution in [0.15, 0.2) is 11.5 Å². The first-order valence-electron chi connectivity index (χ1n) is 12.0. The van der Waals surface area contributed by atoms with E-state index in [1.165, 1.54) is 77.0 Å². The third-order valence-electron chi connectivity index (χ3n) is 5.25. The Balaban J connectivity index is 2.16. The molecule has 0 bridgehead atoms. The van der Waals surface area contributed by atoms with Crippen LogP contribution in [0.2, 0.25) is 0 Å².